The van der Waals surface area contributed by atoms with Gasteiger partial charge < -0.3 is 9.47 Å². The Kier molecular flexibility index (Phi) is 7.45. The lowest BCUT2D eigenvalue weighted by atomic mass is 10.1. The number of hydrogen-bond acceptors (Lipinski definition) is 5. The third-order valence-electron chi connectivity index (χ3n) is 4.60. The van der Waals surface area contributed by atoms with Crippen molar-refractivity contribution in [2.75, 3.05) is 6.61 Å². The molecule has 2 amide bonds. The summed E-state index contributed by atoms with van der Waals surface area (Å²) in [6.07, 6.45) is 2.66. The first-order valence-corrected chi connectivity index (χ1v) is 11.0. The minimum absolute atomic E-state index is 0.0689. The lowest BCUT2D eigenvalue weighted by Crippen LogP contribution is -2.27. The fourth-order valence-corrected chi connectivity index (χ4v) is 3.80. The molecule has 0 spiro atoms. The Hall–Kier alpha value is -2.44. The summed E-state index contributed by atoms with van der Waals surface area (Å²) in [7, 11) is 0. The Morgan fingerprint density at radius 1 is 1.10 bits per heavy atom. The van der Waals surface area contributed by atoms with Crippen LogP contribution in [0.5, 0.6) is 11.5 Å². The topological polar surface area (TPSA) is 55.8 Å². The van der Waals surface area contributed by atoms with E-state index in [-0.39, 0.29) is 23.8 Å². The normalized spacial score (nSPS) is 16.3. The van der Waals surface area contributed by atoms with Gasteiger partial charge in [-0.1, -0.05) is 36.7 Å². The molecule has 1 aliphatic rings. The van der Waals surface area contributed by atoms with Gasteiger partial charge in [-0.15, -0.1) is 0 Å². The van der Waals surface area contributed by atoms with Gasteiger partial charge in [0.25, 0.3) is 11.1 Å². The van der Waals surface area contributed by atoms with E-state index in [1.807, 2.05) is 32.0 Å². The molecule has 7 heteroatoms. The SMILES string of the molecule is CCOc1cc(/C=C2/SC(=O)N(Cc3ccc(Cl)cc3)C2=O)ccc1O[C@@H](C)CC. The van der Waals surface area contributed by atoms with E-state index in [2.05, 4.69) is 6.92 Å². The summed E-state index contributed by atoms with van der Waals surface area (Å²) in [6, 6.07) is 12.6. The van der Waals surface area contributed by atoms with Crippen LogP contribution in [0.15, 0.2) is 47.4 Å². The first-order valence-electron chi connectivity index (χ1n) is 9.84. The highest BCUT2D eigenvalue weighted by Gasteiger charge is 2.35. The van der Waals surface area contributed by atoms with Gasteiger partial charge in [0, 0.05) is 5.02 Å². The lowest BCUT2D eigenvalue weighted by Gasteiger charge is -2.16. The van der Waals surface area contributed by atoms with Gasteiger partial charge in [0.05, 0.1) is 24.2 Å². The zero-order chi connectivity index (χ0) is 21.7. The quantitative estimate of drug-likeness (QED) is 0.456. The molecular formula is C23H24ClNO4S. The fourth-order valence-electron chi connectivity index (χ4n) is 2.84. The van der Waals surface area contributed by atoms with Gasteiger partial charge in [0.1, 0.15) is 0 Å². The lowest BCUT2D eigenvalue weighted by molar-refractivity contribution is -0.123. The number of halogens is 1. The maximum Gasteiger partial charge on any atom is 0.293 e. The highest BCUT2D eigenvalue weighted by atomic mass is 35.5. The highest BCUT2D eigenvalue weighted by Crippen LogP contribution is 2.35. The van der Waals surface area contributed by atoms with Gasteiger partial charge in [0.2, 0.25) is 0 Å². The molecule has 30 heavy (non-hydrogen) atoms. The Bertz CT molecular complexity index is 958. The second kappa shape index (κ2) is 10.0. The molecule has 5 nitrogen and oxygen atoms in total. The molecule has 2 aromatic carbocycles. The standard InChI is InChI=1S/C23H24ClNO4S/c1-4-15(3)29-19-11-8-17(12-20(19)28-5-2)13-21-22(26)25(23(27)30-21)14-16-6-9-18(24)10-7-16/h6-13,15H,4-5,14H2,1-3H3/b21-13+/t15-/m0/s1. The summed E-state index contributed by atoms with van der Waals surface area (Å²) in [5, 5.41) is 0.321. The first kappa shape index (κ1) is 22.2. The minimum Gasteiger partial charge on any atom is -0.490 e. The Balaban J connectivity index is 1.80. The van der Waals surface area contributed by atoms with Crippen molar-refractivity contribution in [3.05, 3.63) is 63.5 Å². The zero-order valence-electron chi connectivity index (χ0n) is 17.2. The molecule has 0 bridgehead atoms. The van der Waals surface area contributed by atoms with Crippen molar-refractivity contribution in [1.82, 2.24) is 4.90 Å². The van der Waals surface area contributed by atoms with E-state index in [1.165, 1.54) is 4.90 Å². The third-order valence-corrected chi connectivity index (χ3v) is 5.76. The van der Waals surface area contributed by atoms with Crippen LogP contribution in [0.25, 0.3) is 6.08 Å². The predicted octanol–water partition coefficient (Wildman–Crippen LogP) is 6.15. The van der Waals surface area contributed by atoms with Crippen molar-refractivity contribution in [1.29, 1.82) is 0 Å². The minimum atomic E-state index is -0.308. The fraction of sp³-hybridized carbons (Fsp3) is 0.304. The van der Waals surface area contributed by atoms with Gasteiger partial charge in [-0.3, -0.25) is 14.5 Å². The Labute approximate surface area is 186 Å². The molecule has 0 aromatic heterocycles. The molecule has 2 aromatic rings. The van der Waals surface area contributed by atoms with Crippen molar-refractivity contribution < 1.29 is 19.1 Å². The molecule has 1 atom stereocenters. The molecular weight excluding hydrogens is 422 g/mol. The monoisotopic (exact) mass is 445 g/mol. The molecule has 3 rings (SSSR count). The summed E-state index contributed by atoms with van der Waals surface area (Å²) in [4.78, 5) is 26.8. The van der Waals surface area contributed by atoms with E-state index in [0.717, 1.165) is 29.3 Å². The number of amides is 2. The van der Waals surface area contributed by atoms with Crippen LogP contribution in [0.1, 0.15) is 38.3 Å². The van der Waals surface area contributed by atoms with E-state index in [9.17, 15) is 9.59 Å². The van der Waals surface area contributed by atoms with Crippen molar-refractivity contribution in [3.8, 4) is 11.5 Å². The number of carbonyl (C=O) groups excluding carboxylic acids is 2. The molecule has 1 fully saturated rings. The molecule has 1 saturated heterocycles. The van der Waals surface area contributed by atoms with Crippen molar-refractivity contribution in [3.63, 3.8) is 0 Å². The molecule has 0 radical (unpaired) electrons. The van der Waals surface area contributed by atoms with Gasteiger partial charge in [-0.2, -0.15) is 0 Å². The average Bonchev–Trinajstić information content (AvgIpc) is 2.99. The number of carbonyl (C=O) groups is 2. The number of benzene rings is 2. The summed E-state index contributed by atoms with van der Waals surface area (Å²) >= 11 is 6.84. The van der Waals surface area contributed by atoms with Crippen LogP contribution in [-0.2, 0) is 11.3 Å². The van der Waals surface area contributed by atoms with Crippen LogP contribution in [0.4, 0.5) is 4.79 Å². The summed E-state index contributed by atoms with van der Waals surface area (Å²) in [6.45, 7) is 6.67. The summed E-state index contributed by atoms with van der Waals surface area (Å²) in [5.41, 5.74) is 1.61. The van der Waals surface area contributed by atoms with E-state index >= 15 is 0 Å². The zero-order valence-corrected chi connectivity index (χ0v) is 18.8. The smallest absolute Gasteiger partial charge is 0.293 e. The number of hydrogen-bond donors (Lipinski definition) is 0. The van der Waals surface area contributed by atoms with Crippen molar-refractivity contribution >= 4 is 40.6 Å². The van der Waals surface area contributed by atoms with Gasteiger partial charge in [-0.05, 0) is 73.5 Å². The molecule has 0 saturated carbocycles. The average molecular weight is 446 g/mol. The molecule has 158 valence electrons. The van der Waals surface area contributed by atoms with E-state index in [4.69, 9.17) is 21.1 Å². The number of ether oxygens (including phenoxy) is 2. The van der Waals surface area contributed by atoms with Crippen molar-refractivity contribution in [2.24, 2.45) is 0 Å². The maximum absolute atomic E-state index is 12.8. The molecule has 0 unspecified atom stereocenters. The number of thioether (sulfide) groups is 1. The van der Waals surface area contributed by atoms with Crippen LogP contribution in [0, 0.1) is 0 Å². The van der Waals surface area contributed by atoms with E-state index in [1.54, 1.807) is 30.3 Å². The Morgan fingerprint density at radius 3 is 2.50 bits per heavy atom. The summed E-state index contributed by atoms with van der Waals surface area (Å²) in [5.74, 6) is 0.976. The molecule has 0 aliphatic carbocycles. The van der Waals surface area contributed by atoms with Gasteiger partial charge in [-0.25, -0.2) is 0 Å². The van der Waals surface area contributed by atoms with Crippen LogP contribution < -0.4 is 9.47 Å². The van der Waals surface area contributed by atoms with Crippen molar-refractivity contribution in [2.45, 2.75) is 39.8 Å². The maximum atomic E-state index is 12.8. The Morgan fingerprint density at radius 2 is 1.83 bits per heavy atom. The second-order valence-corrected chi connectivity index (χ2v) is 8.30. The van der Waals surface area contributed by atoms with Gasteiger partial charge in [0.15, 0.2) is 11.5 Å². The van der Waals surface area contributed by atoms with Gasteiger partial charge >= 0.3 is 0 Å². The van der Waals surface area contributed by atoms with Crippen LogP contribution in [-0.4, -0.2) is 28.8 Å². The first-order chi connectivity index (χ1) is 14.4. The number of nitrogens with zero attached hydrogens (tertiary/aromatic N) is 1. The highest BCUT2D eigenvalue weighted by molar-refractivity contribution is 8.18. The number of imide groups is 1. The molecule has 1 heterocycles. The van der Waals surface area contributed by atoms with E-state index in [0.29, 0.717) is 28.0 Å². The number of rotatable bonds is 8. The largest absolute Gasteiger partial charge is 0.490 e. The van der Waals surface area contributed by atoms with Crippen LogP contribution in [0.2, 0.25) is 5.02 Å². The van der Waals surface area contributed by atoms with Crippen LogP contribution >= 0.6 is 23.4 Å². The van der Waals surface area contributed by atoms with Crippen LogP contribution in [0.3, 0.4) is 0 Å². The second-order valence-electron chi connectivity index (χ2n) is 6.87. The van der Waals surface area contributed by atoms with E-state index < -0.39 is 0 Å². The molecule has 0 N–H and O–H groups in total. The predicted molar refractivity (Wildman–Crippen MR) is 121 cm³/mol. The summed E-state index contributed by atoms with van der Waals surface area (Å²) < 4.78 is 11.6. The third kappa shape index (κ3) is 5.37. The molecule has 1 aliphatic heterocycles.